The van der Waals surface area contributed by atoms with Crippen molar-refractivity contribution in [1.29, 1.82) is 0 Å². The average molecular weight is 404 g/mol. The first-order valence-electron chi connectivity index (χ1n) is 9.59. The molecule has 1 heterocycles. The number of aryl methyl sites for hydroxylation is 2. The van der Waals surface area contributed by atoms with Gasteiger partial charge in [0.1, 0.15) is 16.9 Å². The van der Waals surface area contributed by atoms with Gasteiger partial charge in [-0.3, -0.25) is 4.79 Å². The Kier molecular flexibility index (Phi) is 7.06. The van der Waals surface area contributed by atoms with Crippen LogP contribution in [0.2, 0.25) is 0 Å². The van der Waals surface area contributed by atoms with Crippen molar-refractivity contribution in [2.45, 2.75) is 60.0 Å². The van der Waals surface area contributed by atoms with Gasteiger partial charge >= 0.3 is 17.6 Å². The van der Waals surface area contributed by atoms with Crippen LogP contribution >= 0.6 is 0 Å². The zero-order chi connectivity index (χ0) is 21.8. The number of fused-ring (bicyclic) bond motifs is 1. The van der Waals surface area contributed by atoms with Crippen LogP contribution in [0.15, 0.2) is 21.3 Å². The van der Waals surface area contributed by atoms with Crippen molar-refractivity contribution in [3.8, 4) is 5.75 Å². The summed E-state index contributed by atoms with van der Waals surface area (Å²) in [6.07, 6.45) is 0.361. The second-order valence-corrected chi connectivity index (χ2v) is 7.74. The van der Waals surface area contributed by atoms with E-state index in [-0.39, 0.29) is 25.4 Å². The van der Waals surface area contributed by atoms with Gasteiger partial charge < -0.3 is 18.6 Å². The second-order valence-electron chi connectivity index (χ2n) is 7.74. The Labute approximate surface area is 169 Å². The average Bonchev–Trinajstić information content (AvgIpc) is 2.60. The first-order chi connectivity index (χ1) is 13.5. The van der Waals surface area contributed by atoms with E-state index >= 15 is 0 Å². The Morgan fingerprint density at radius 1 is 1.07 bits per heavy atom. The molecule has 7 heteroatoms. The molecule has 0 atom stereocenters. The molecule has 0 aliphatic carbocycles. The van der Waals surface area contributed by atoms with Crippen LogP contribution in [0.5, 0.6) is 5.75 Å². The summed E-state index contributed by atoms with van der Waals surface area (Å²) in [5, 5.41) is 0.755. The Morgan fingerprint density at radius 2 is 1.76 bits per heavy atom. The molecule has 0 aliphatic heterocycles. The van der Waals surface area contributed by atoms with Crippen LogP contribution in [0.1, 0.15) is 50.8 Å². The van der Waals surface area contributed by atoms with Gasteiger partial charge in [-0.15, -0.1) is 0 Å². The summed E-state index contributed by atoms with van der Waals surface area (Å²) in [7, 11) is 0. The molecule has 0 amide bonds. The topological polar surface area (TPSA) is 92.0 Å². The summed E-state index contributed by atoms with van der Waals surface area (Å²) in [6, 6.07) is 3.50. The first kappa shape index (κ1) is 22.5. The van der Waals surface area contributed by atoms with Crippen LogP contribution in [0.4, 0.5) is 0 Å². The third-order valence-corrected chi connectivity index (χ3v) is 4.30. The zero-order valence-electron chi connectivity index (χ0n) is 17.8. The summed E-state index contributed by atoms with van der Waals surface area (Å²) in [5.74, 6) is -0.400. The van der Waals surface area contributed by atoms with Crippen molar-refractivity contribution in [3.63, 3.8) is 0 Å². The molecule has 0 bridgehead atoms. The van der Waals surface area contributed by atoms with Gasteiger partial charge in [-0.1, -0.05) is 0 Å². The predicted molar refractivity (Wildman–Crippen MR) is 108 cm³/mol. The molecule has 29 heavy (non-hydrogen) atoms. The molecule has 0 spiro atoms. The molecule has 0 unspecified atom stereocenters. The molecular weight excluding hydrogens is 376 g/mol. The number of carbonyl (C=O) groups excluding carboxylic acids is 2. The molecule has 0 aliphatic rings. The number of carbonyl (C=O) groups is 2. The van der Waals surface area contributed by atoms with Gasteiger partial charge in [0.2, 0.25) is 0 Å². The highest BCUT2D eigenvalue weighted by molar-refractivity contribution is 5.86. The molecule has 7 nitrogen and oxygen atoms in total. The van der Waals surface area contributed by atoms with E-state index in [1.54, 1.807) is 46.8 Å². The summed E-state index contributed by atoms with van der Waals surface area (Å²) >= 11 is 0. The fourth-order valence-corrected chi connectivity index (χ4v) is 2.98. The Balaban J connectivity index is 2.26. The van der Waals surface area contributed by atoms with Gasteiger partial charge in [0, 0.05) is 22.9 Å². The van der Waals surface area contributed by atoms with E-state index in [1.807, 2.05) is 6.92 Å². The Hall–Kier alpha value is -2.83. The zero-order valence-corrected chi connectivity index (χ0v) is 17.8. The van der Waals surface area contributed by atoms with E-state index in [0.717, 1.165) is 10.9 Å². The SMILES string of the molecule is CCOC(=O)CCc1c(C)c2ccc(OCC(=O)OC(C)(C)C)c(C)c2oc1=O. The number of esters is 2. The molecule has 2 aromatic rings. The van der Waals surface area contributed by atoms with Crippen LogP contribution in [0.25, 0.3) is 11.0 Å². The molecule has 2 rings (SSSR count). The van der Waals surface area contributed by atoms with Gasteiger partial charge in [0.25, 0.3) is 0 Å². The fraction of sp³-hybridized carbons (Fsp3) is 0.500. The quantitative estimate of drug-likeness (QED) is 0.514. The molecule has 1 aromatic carbocycles. The largest absolute Gasteiger partial charge is 0.481 e. The van der Waals surface area contributed by atoms with Crippen LogP contribution in [0.3, 0.4) is 0 Å². The second kappa shape index (κ2) is 9.11. The lowest BCUT2D eigenvalue weighted by atomic mass is 10.0. The summed E-state index contributed by atoms with van der Waals surface area (Å²) < 4.78 is 21.2. The maximum Gasteiger partial charge on any atom is 0.344 e. The van der Waals surface area contributed by atoms with Gasteiger partial charge in [-0.25, -0.2) is 9.59 Å². The molecule has 0 radical (unpaired) electrons. The van der Waals surface area contributed by atoms with Gasteiger partial charge in [-0.05, 0) is 65.7 Å². The van der Waals surface area contributed by atoms with Gasteiger partial charge in [0.15, 0.2) is 6.61 Å². The molecule has 0 N–H and O–H groups in total. The minimum absolute atomic E-state index is 0.112. The highest BCUT2D eigenvalue weighted by Gasteiger charge is 2.19. The van der Waals surface area contributed by atoms with E-state index in [9.17, 15) is 14.4 Å². The number of benzene rings is 1. The smallest absolute Gasteiger partial charge is 0.344 e. The lowest BCUT2D eigenvalue weighted by molar-refractivity contribution is -0.157. The molecule has 0 fully saturated rings. The molecule has 0 saturated carbocycles. The standard InChI is InChI=1S/C22H28O7/c1-7-26-18(23)11-9-16-13(2)15-8-10-17(14(3)20(15)28-21(16)25)27-12-19(24)29-22(4,5)6/h8,10H,7,9,11-12H2,1-6H3. The highest BCUT2D eigenvalue weighted by atomic mass is 16.6. The maximum absolute atomic E-state index is 12.5. The lowest BCUT2D eigenvalue weighted by Crippen LogP contribution is -2.27. The van der Waals surface area contributed by atoms with E-state index in [1.165, 1.54) is 0 Å². The van der Waals surface area contributed by atoms with Crippen molar-refractivity contribution in [2.24, 2.45) is 0 Å². The third-order valence-electron chi connectivity index (χ3n) is 4.30. The molecule has 0 saturated heterocycles. The van der Waals surface area contributed by atoms with Crippen molar-refractivity contribution in [1.82, 2.24) is 0 Å². The number of hydrogen-bond acceptors (Lipinski definition) is 7. The lowest BCUT2D eigenvalue weighted by Gasteiger charge is -2.20. The maximum atomic E-state index is 12.5. The summed E-state index contributed by atoms with van der Waals surface area (Å²) in [4.78, 5) is 36.0. The normalized spacial score (nSPS) is 11.4. The Morgan fingerprint density at radius 3 is 2.38 bits per heavy atom. The monoisotopic (exact) mass is 404 g/mol. The van der Waals surface area contributed by atoms with Crippen LogP contribution in [-0.2, 0) is 25.5 Å². The summed E-state index contributed by atoms with van der Waals surface area (Å²) in [5.41, 5.74) is 1.13. The molecular formula is C22H28O7. The molecule has 158 valence electrons. The van der Waals surface area contributed by atoms with Crippen molar-refractivity contribution >= 4 is 22.9 Å². The van der Waals surface area contributed by atoms with E-state index < -0.39 is 17.2 Å². The number of ether oxygens (including phenoxy) is 3. The predicted octanol–water partition coefficient (Wildman–Crippen LogP) is 3.63. The van der Waals surface area contributed by atoms with Crippen molar-refractivity contribution in [2.75, 3.05) is 13.2 Å². The van der Waals surface area contributed by atoms with E-state index in [4.69, 9.17) is 18.6 Å². The van der Waals surface area contributed by atoms with Crippen molar-refractivity contribution in [3.05, 3.63) is 39.2 Å². The minimum Gasteiger partial charge on any atom is -0.481 e. The van der Waals surface area contributed by atoms with Crippen molar-refractivity contribution < 1.29 is 28.2 Å². The minimum atomic E-state index is -0.595. The van der Waals surface area contributed by atoms with E-state index in [0.29, 0.717) is 29.1 Å². The van der Waals surface area contributed by atoms with Crippen LogP contribution in [0, 0.1) is 13.8 Å². The third kappa shape index (κ3) is 5.82. The van der Waals surface area contributed by atoms with E-state index in [2.05, 4.69) is 0 Å². The molecule has 1 aromatic heterocycles. The Bertz CT molecular complexity index is 964. The van der Waals surface area contributed by atoms with Crippen LogP contribution in [-0.4, -0.2) is 30.8 Å². The van der Waals surface area contributed by atoms with Gasteiger partial charge in [0.05, 0.1) is 6.61 Å². The van der Waals surface area contributed by atoms with Gasteiger partial charge in [-0.2, -0.15) is 0 Å². The fourth-order valence-electron chi connectivity index (χ4n) is 2.98. The first-order valence-corrected chi connectivity index (χ1v) is 9.59. The highest BCUT2D eigenvalue weighted by Crippen LogP contribution is 2.29. The summed E-state index contributed by atoms with van der Waals surface area (Å²) in [6.45, 7) is 10.7. The van der Waals surface area contributed by atoms with Crippen LogP contribution < -0.4 is 10.4 Å². The number of hydrogen-bond donors (Lipinski definition) is 0. The number of rotatable bonds is 7.